The Hall–Kier alpha value is -1.36. The quantitative estimate of drug-likeness (QED) is 0.843. The number of rotatable bonds is 4. The first-order valence-corrected chi connectivity index (χ1v) is 7.24. The van der Waals surface area contributed by atoms with Crippen molar-refractivity contribution in [2.45, 2.75) is 12.7 Å². The molecule has 2 aliphatic heterocycles. The van der Waals surface area contributed by atoms with Crippen molar-refractivity contribution in [3.05, 3.63) is 35.9 Å². The van der Waals surface area contributed by atoms with Crippen LogP contribution >= 0.6 is 0 Å². The molecule has 0 N–H and O–H groups in total. The standard InChI is InChI=1S/C16H21NO3/c1(3-16-19-12-13-20-16)2-14-4-6-15(7-5-14)17-8-10-18-11-9-17/h1-2,4-7,16H,3,8-13H2/b2-1+. The summed E-state index contributed by atoms with van der Waals surface area (Å²) in [6.07, 6.45) is 4.98. The topological polar surface area (TPSA) is 30.9 Å². The van der Waals surface area contributed by atoms with Crippen LogP contribution in [-0.4, -0.2) is 45.8 Å². The molecule has 4 nitrogen and oxygen atoms in total. The molecule has 2 heterocycles. The van der Waals surface area contributed by atoms with Crippen LogP contribution in [-0.2, 0) is 14.2 Å². The lowest BCUT2D eigenvalue weighted by molar-refractivity contribution is -0.0379. The van der Waals surface area contributed by atoms with E-state index >= 15 is 0 Å². The minimum Gasteiger partial charge on any atom is -0.378 e. The van der Waals surface area contributed by atoms with Crippen LogP contribution in [0.15, 0.2) is 30.3 Å². The molecule has 0 radical (unpaired) electrons. The van der Waals surface area contributed by atoms with Crippen LogP contribution in [0.2, 0.25) is 0 Å². The van der Waals surface area contributed by atoms with E-state index in [-0.39, 0.29) is 6.29 Å². The molecule has 0 unspecified atom stereocenters. The molecule has 2 saturated heterocycles. The molecule has 0 aromatic heterocycles. The maximum atomic E-state index is 5.40. The van der Waals surface area contributed by atoms with Crippen LogP contribution in [0.25, 0.3) is 6.08 Å². The Morgan fingerprint density at radius 2 is 1.70 bits per heavy atom. The van der Waals surface area contributed by atoms with Crippen molar-refractivity contribution in [3.63, 3.8) is 0 Å². The average Bonchev–Trinajstić information content (AvgIpc) is 3.02. The van der Waals surface area contributed by atoms with E-state index in [9.17, 15) is 0 Å². The van der Waals surface area contributed by atoms with Crippen molar-refractivity contribution >= 4 is 11.8 Å². The van der Waals surface area contributed by atoms with Gasteiger partial charge in [-0.15, -0.1) is 0 Å². The highest BCUT2D eigenvalue weighted by molar-refractivity contribution is 5.56. The molecule has 4 heteroatoms. The number of morpholine rings is 1. The zero-order chi connectivity index (χ0) is 13.6. The Balaban J connectivity index is 1.53. The van der Waals surface area contributed by atoms with Crippen molar-refractivity contribution in [1.82, 2.24) is 0 Å². The molecule has 3 rings (SSSR count). The van der Waals surface area contributed by atoms with Gasteiger partial charge in [0.1, 0.15) is 0 Å². The van der Waals surface area contributed by atoms with Gasteiger partial charge in [0.25, 0.3) is 0 Å². The van der Waals surface area contributed by atoms with E-state index in [2.05, 4.69) is 41.3 Å². The second-order valence-corrected chi connectivity index (χ2v) is 5.00. The Morgan fingerprint density at radius 3 is 2.40 bits per heavy atom. The summed E-state index contributed by atoms with van der Waals surface area (Å²) in [7, 11) is 0. The van der Waals surface area contributed by atoms with Crippen molar-refractivity contribution < 1.29 is 14.2 Å². The van der Waals surface area contributed by atoms with Gasteiger partial charge in [-0.25, -0.2) is 0 Å². The summed E-state index contributed by atoms with van der Waals surface area (Å²) >= 11 is 0. The first kappa shape index (κ1) is 13.6. The molecule has 20 heavy (non-hydrogen) atoms. The molecule has 1 aromatic carbocycles. The van der Waals surface area contributed by atoms with E-state index in [0.717, 1.165) is 32.7 Å². The summed E-state index contributed by atoms with van der Waals surface area (Å²) < 4.78 is 16.2. The van der Waals surface area contributed by atoms with E-state index in [0.29, 0.717) is 13.2 Å². The van der Waals surface area contributed by atoms with E-state index < -0.39 is 0 Å². The van der Waals surface area contributed by atoms with Crippen molar-refractivity contribution in [3.8, 4) is 0 Å². The van der Waals surface area contributed by atoms with Crippen molar-refractivity contribution in [2.75, 3.05) is 44.4 Å². The second kappa shape index (κ2) is 6.88. The smallest absolute Gasteiger partial charge is 0.161 e. The van der Waals surface area contributed by atoms with Gasteiger partial charge < -0.3 is 19.1 Å². The number of nitrogens with zero attached hydrogens (tertiary/aromatic N) is 1. The monoisotopic (exact) mass is 275 g/mol. The van der Waals surface area contributed by atoms with Crippen LogP contribution in [0, 0.1) is 0 Å². The minimum atomic E-state index is -0.0566. The zero-order valence-corrected chi connectivity index (χ0v) is 11.7. The minimum absolute atomic E-state index is 0.0566. The van der Waals surface area contributed by atoms with Crippen LogP contribution in [0.1, 0.15) is 12.0 Å². The summed E-state index contributed by atoms with van der Waals surface area (Å²) in [5.41, 5.74) is 2.48. The van der Waals surface area contributed by atoms with Gasteiger partial charge in [0, 0.05) is 25.2 Å². The third kappa shape index (κ3) is 3.60. The number of hydrogen-bond donors (Lipinski definition) is 0. The molecule has 0 bridgehead atoms. The van der Waals surface area contributed by atoms with Gasteiger partial charge in [-0.2, -0.15) is 0 Å². The third-order valence-electron chi connectivity index (χ3n) is 3.60. The molecule has 0 atom stereocenters. The highest BCUT2D eigenvalue weighted by atomic mass is 16.7. The first-order chi connectivity index (χ1) is 9.92. The van der Waals surface area contributed by atoms with Gasteiger partial charge >= 0.3 is 0 Å². The van der Waals surface area contributed by atoms with Crippen LogP contribution < -0.4 is 4.90 Å². The zero-order valence-electron chi connectivity index (χ0n) is 11.7. The Kier molecular flexibility index (Phi) is 4.69. The van der Waals surface area contributed by atoms with Gasteiger partial charge in [-0.1, -0.05) is 24.3 Å². The third-order valence-corrected chi connectivity index (χ3v) is 3.60. The lowest BCUT2D eigenvalue weighted by Gasteiger charge is -2.28. The second-order valence-electron chi connectivity index (χ2n) is 5.00. The molecule has 0 aliphatic carbocycles. The maximum Gasteiger partial charge on any atom is 0.161 e. The highest BCUT2D eigenvalue weighted by Crippen LogP contribution is 2.18. The fourth-order valence-corrected chi connectivity index (χ4v) is 2.48. The number of ether oxygens (including phenoxy) is 3. The van der Waals surface area contributed by atoms with E-state index in [4.69, 9.17) is 14.2 Å². The molecule has 2 aliphatic rings. The van der Waals surface area contributed by atoms with Crippen LogP contribution in [0.4, 0.5) is 5.69 Å². The summed E-state index contributed by atoms with van der Waals surface area (Å²) in [4.78, 5) is 2.36. The van der Waals surface area contributed by atoms with E-state index in [1.807, 2.05) is 0 Å². The van der Waals surface area contributed by atoms with Crippen LogP contribution in [0.5, 0.6) is 0 Å². The largest absolute Gasteiger partial charge is 0.378 e. The molecular weight excluding hydrogens is 254 g/mol. The van der Waals surface area contributed by atoms with Gasteiger partial charge in [-0.3, -0.25) is 0 Å². The fraction of sp³-hybridized carbons (Fsp3) is 0.500. The summed E-state index contributed by atoms with van der Waals surface area (Å²) in [6.45, 7) is 5.03. The molecule has 108 valence electrons. The molecule has 1 aromatic rings. The SMILES string of the molecule is C(=C\c1ccc(N2CCOCC2)cc1)/CC1OCCO1. The Labute approximate surface area is 119 Å². The van der Waals surface area contributed by atoms with Crippen molar-refractivity contribution in [1.29, 1.82) is 0 Å². The maximum absolute atomic E-state index is 5.40. The van der Waals surface area contributed by atoms with Crippen molar-refractivity contribution in [2.24, 2.45) is 0 Å². The number of anilines is 1. The predicted molar refractivity (Wildman–Crippen MR) is 78.8 cm³/mol. The first-order valence-electron chi connectivity index (χ1n) is 7.24. The Bertz CT molecular complexity index is 432. The Morgan fingerprint density at radius 1 is 1.00 bits per heavy atom. The average molecular weight is 275 g/mol. The van der Waals surface area contributed by atoms with E-state index in [1.54, 1.807) is 0 Å². The van der Waals surface area contributed by atoms with Gasteiger partial charge in [0.15, 0.2) is 6.29 Å². The molecular formula is C16H21NO3. The number of benzene rings is 1. The molecule has 0 saturated carbocycles. The normalized spacial score (nSPS) is 20.9. The van der Waals surface area contributed by atoms with Gasteiger partial charge in [0.2, 0.25) is 0 Å². The molecule has 0 spiro atoms. The summed E-state index contributed by atoms with van der Waals surface area (Å²) in [6, 6.07) is 8.65. The van der Waals surface area contributed by atoms with Gasteiger partial charge in [0.05, 0.1) is 26.4 Å². The van der Waals surface area contributed by atoms with Gasteiger partial charge in [-0.05, 0) is 17.7 Å². The highest BCUT2D eigenvalue weighted by Gasteiger charge is 2.13. The predicted octanol–water partition coefficient (Wildman–Crippen LogP) is 2.30. The summed E-state index contributed by atoms with van der Waals surface area (Å²) in [5.74, 6) is 0. The molecule has 2 fully saturated rings. The lowest BCUT2D eigenvalue weighted by Crippen LogP contribution is -2.36. The fourth-order valence-electron chi connectivity index (χ4n) is 2.48. The van der Waals surface area contributed by atoms with Crippen LogP contribution in [0.3, 0.4) is 0 Å². The molecule has 0 amide bonds. The number of hydrogen-bond acceptors (Lipinski definition) is 4. The van der Waals surface area contributed by atoms with E-state index in [1.165, 1.54) is 11.3 Å². The lowest BCUT2D eigenvalue weighted by atomic mass is 10.1. The summed E-state index contributed by atoms with van der Waals surface area (Å²) in [5, 5.41) is 0.